The molecule has 18 heavy (non-hydrogen) atoms. The molecule has 0 radical (unpaired) electrons. The molecule has 0 rings (SSSR count). The molecular formula is C16H36N2. The molecule has 0 aliphatic heterocycles. The average Bonchev–Trinajstić information content (AvgIpc) is 2.12. The first-order valence-corrected chi connectivity index (χ1v) is 7.51. The van der Waals surface area contributed by atoms with Gasteiger partial charge >= 0.3 is 0 Å². The summed E-state index contributed by atoms with van der Waals surface area (Å²) in [5, 5.41) is 3.68. The first-order chi connectivity index (χ1) is 8.08. The largest absolute Gasteiger partial charge is 0.311 e. The van der Waals surface area contributed by atoms with Gasteiger partial charge in [0.1, 0.15) is 0 Å². The maximum atomic E-state index is 3.68. The second kappa shape index (κ2) is 7.49. The fourth-order valence-corrected chi connectivity index (χ4v) is 2.64. The number of rotatable bonds is 8. The smallest absolute Gasteiger partial charge is 0.00967 e. The summed E-state index contributed by atoms with van der Waals surface area (Å²) in [5.74, 6) is 0.747. The van der Waals surface area contributed by atoms with Crippen LogP contribution in [0.1, 0.15) is 61.3 Å². The van der Waals surface area contributed by atoms with E-state index in [1.807, 2.05) is 0 Å². The molecule has 0 aromatic rings. The van der Waals surface area contributed by atoms with Crippen LogP contribution in [0.3, 0.4) is 0 Å². The summed E-state index contributed by atoms with van der Waals surface area (Å²) < 4.78 is 0. The molecule has 1 N–H and O–H groups in total. The zero-order valence-corrected chi connectivity index (χ0v) is 14.1. The van der Waals surface area contributed by atoms with Gasteiger partial charge in [0, 0.05) is 25.2 Å². The number of nitrogens with one attached hydrogen (secondary N) is 1. The molecule has 0 saturated carbocycles. The molecule has 0 spiro atoms. The van der Waals surface area contributed by atoms with Gasteiger partial charge in [-0.25, -0.2) is 0 Å². The van der Waals surface area contributed by atoms with Crippen molar-refractivity contribution in [2.24, 2.45) is 11.3 Å². The quantitative estimate of drug-likeness (QED) is 0.711. The van der Waals surface area contributed by atoms with Crippen molar-refractivity contribution in [3.8, 4) is 0 Å². The topological polar surface area (TPSA) is 15.3 Å². The molecule has 0 aromatic carbocycles. The van der Waals surface area contributed by atoms with Crippen molar-refractivity contribution < 1.29 is 0 Å². The van der Waals surface area contributed by atoms with Crippen LogP contribution in [0.25, 0.3) is 0 Å². The Morgan fingerprint density at radius 2 is 1.67 bits per heavy atom. The highest BCUT2D eigenvalue weighted by Gasteiger charge is 2.26. The predicted octanol–water partition coefficient (Wildman–Crippen LogP) is 3.77. The van der Waals surface area contributed by atoms with Crippen molar-refractivity contribution in [2.75, 3.05) is 26.7 Å². The van der Waals surface area contributed by atoms with Gasteiger partial charge in [-0.15, -0.1) is 0 Å². The predicted molar refractivity (Wildman–Crippen MR) is 83.1 cm³/mol. The van der Waals surface area contributed by atoms with E-state index < -0.39 is 0 Å². The van der Waals surface area contributed by atoms with E-state index in [9.17, 15) is 0 Å². The highest BCUT2D eigenvalue weighted by atomic mass is 15.1. The van der Waals surface area contributed by atoms with Crippen LogP contribution in [0.5, 0.6) is 0 Å². The minimum absolute atomic E-state index is 0.214. The van der Waals surface area contributed by atoms with Gasteiger partial charge in [0.05, 0.1) is 0 Å². The Hall–Kier alpha value is -0.0800. The lowest BCUT2D eigenvalue weighted by Crippen LogP contribution is -2.47. The third-order valence-electron chi connectivity index (χ3n) is 3.23. The van der Waals surface area contributed by atoms with Crippen molar-refractivity contribution >= 4 is 0 Å². The lowest BCUT2D eigenvalue weighted by molar-refractivity contribution is 0.152. The van der Waals surface area contributed by atoms with Crippen molar-refractivity contribution in [3.63, 3.8) is 0 Å². The van der Waals surface area contributed by atoms with E-state index >= 15 is 0 Å². The van der Waals surface area contributed by atoms with E-state index in [2.05, 4.69) is 65.7 Å². The number of hydrogen-bond donors (Lipinski definition) is 1. The Bertz CT molecular complexity index is 218. The van der Waals surface area contributed by atoms with Gasteiger partial charge in [0.15, 0.2) is 0 Å². The summed E-state index contributed by atoms with van der Waals surface area (Å²) in [6.45, 7) is 19.5. The SMILES string of the molecule is CCCC(C)(CNC(C)(C)C)CN(C)CC(C)C. The third kappa shape index (κ3) is 8.93. The van der Waals surface area contributed by atoms with Gasteiger partial charge in [-0.2, -0.15) is 0 Å². The van der Waals surface area contributed by atoms with Crippen LogP contribution >= 0.6 is 0 Å². The monoisotopic (exact) mass is 256 g/mol. The van der Waals surface area contributed by atoms with Crippen LogP contribution in [-0.4, -0.2) is 37.1 Å². The molecule has 2 heteroatoms. The Balaban J connectivity index is 4.41. The summed E-state index contributed by atoms with van der Waals surface area (Å²) in [6.07, 6.45) is 2.55. The summed E-state index contributed by atoms with van der Waals surface area (Å²) in [5.41, 5.74) is 0.595. The van der Waals surface area contributed by atoms with E-state index in [4.69, 9.17) is 0 Å². The number of nitrogens with zero attached hydrogens (tertiary/aromatic N) is 1. The minimum Gasteiger partial charge on any atom is -0.311 e. The standard InChI is InChI=1S/C16H36N2/c1-9-10-16(7,12-17-15(4,5)6)13-18(8)11-14(2)3/h14,17H,9-13H2,1-8H3. The first-order valence-electron chi connectivity index (χ1n) is 7.51. The van der Waals surface area contributed by atoms with Gasteiger partial charge < -0.3 is 10.2 Å². The van der Waals surface area contributed by atoms with Crippen molar-refractivity contribution in [2.45, 2.75) is 66.8 Å². The first kappa shape index (κ1) is 17.9. The van der Waals surface area contributed by atoms with Gasteiger partial charge in [0.25, 0.3) is 0 Å². The van der Waals surface area contributed by atoms with Gasteiger partial charge in [0.2, 0.25) is 0 Å². The van der Waals surface area contributed by atoms with Crippen LogP contribution < -0.4 is 5.32 Å². The maximum Gasteiger partial charge on any atom is 0.00967 e. The minimum atomic E-state index is 0.214. The fraction of sp³-hybridized carbons (Fsp3) is 1.00. The molecule has 0 bridgehead atoms. The average molecular weight is 256 g/mol. The fourth-order valence-electron chi connectivity index (χ4n) is 2.64. The summed E-state index contributed by atoms with van der Waals surface area (Å²) in [4.78, 5) is 2.49. The van der Waals surface area contributed by atoms with E-state index in [1.54, 1.807) is 0 Å². The molecule has 0 aliphatic carbocycles. The Morgan fingerprint density at radius 3 is 2.06 bits per heavy atom. The summed E-state index contributed by atoms with van der Waals surface area (Å²) in [7, 11) is 2.25. The van der Waals surface area contributed by atoms with Crippen LogP contribution in [0.2, 0.25) is 0 Å². The Morgan fingerprint density at radius 1 is 1.11 bits per heavy atom. The molecule has 110 valence electrons. The van der Waals surface area contributed by atoms with Crippen molar-refractivity contribution in [1.82, 2.24) is 10.2 Å². The van der Waals surface area contributed by atoms with Crippen molar-refractivity contribution in [1.29, 1.82) is 0 Å². The molecule has 0 heterocycles. The molecule has 0 aromatic heterocycles. The van der Waals surface area contributed by atoms with Crippen LogP contribution in [0.15, 0.2) is 0 Å². The Kier molecular flexibility index (Phi) is 7.46. The van der Waals surface area contributed by atoms with E-state index in [1.165, 1.54) is 25.9 Å². The summed E-state index contributed by atoms with van der Waals surface area (Å²) in [6, 6.07) is 0. The molecule has 2 nitrogen and oxygen atoms in total. The van der Waals surface area contributed by atoms with Gasteiger partial charge in [-0.1, -0.05) is 34.1 Å². The highest BCUT2D eigenvalue weighted by Crippen LogP contribution is 2.24. The maximum absolute atomic E-state index is 3.68. The van der Waals surface area contributed by atoms with Crippen molar-refractivity contribution in [3.05, 3.63) is 0 Å². The zero-order valence-electron chi connectivity index (χ0n) is 14.1. The normalized spacial score (nSPS) is 16.3. The lowest BCUT2D eigenvalue weighted by Gasteiger charge is -2.37. The third-order valence-corrected chi connectivity index (χ3v) is 3.23. The second-order valence-corrected chi connectivity index (χ2v) is 7.75. The van der Waals surface area contributed by atoms with Crippen LogP contribution in [0, 0.1) is 11.3 Å². The van der Waals surface area contributed by atoms with Gasteiger partial charge in [-0.3, -0.25) is 0 Å². The molecule has 0 fully saturated rings. The zero-order chi connectivity index (χ0) is 14.4. The van der Waals surface area contributed by atoms with Crippen LogP contribution in [-0.2, 0) is 0 Å². The molecular weight excluding hydrogens is 220 g/mol. The second-order valence-electron chi connectivity index (χ2n) is 7.75. The van der Waals surface area contributed by atoms with E-state index in [-0.39, 0.29) is 5.54 Å². The van der Waals surface area contributed by atoms with E-state index in [0.29, 0.717) is 5.41 Å². The van der Waals surface area contributed by atoms with Crippen LogP contribution in [0.4, 0.5) is 0 Å². The molecule has 1 unspecified atom stereocenters. The Labute approximate surface area is 116 Å². The molecule has 0 aliphatic rings. The molecule has 1 atom stereocenters. The molecule has 0 saturated heterocycles. The lowest BCUT2D eigenvalue weighted by atomic mass is 9.84. The molecule has 0 amide bonds. The number of hydrogen-bond acceptors (Lipinski definition) is 2. The highest BCUT2D eigenvalue weighted by molar-refractivity contribution is 4.83. The van der Waals surface area contributed by atoms with Gasteiger partial charge in [-0.05, 0) is 45.6 Å². The van der Waals surface area contributed by atoms with E-state index in [0.717, 1.165) is 12.5 Å². The summed E-state index contributed by atoms with van der Waals surface area (Å²) >= 11 is 0.